The summed E-state index contributed by atoms with van der Waals surface area (Å²) < 4.78 is 1.69. The number of benzene rings is 2. The summed E-state index contributed by atoms with van der Waals surface area (Å²) in [6.07, 6.45) is 8.08. The second-order valence-electron chi connectivity index (χ2n) is 10.9. The molecule has 206 valence electrons. The molecule has 0 radical (unpaired) electrons. The first-order chi connectivity index (χ1) is 19.4. The van der Waals surface area contributed by atoms with Crippen LogP contribution < -0.4 is 10.7 Å². The van der Waals surface area contributed by atoms with Gasteiger partial charge in [0.25, 0.3) is 0 Å². The third-order valence-corrected chi connectivity index (χ3v) is 8.08. The molecule has 4 aromatic rings. The molecule has 2 aliphatic rings. The minimum absolute atomic E-state index is 0.168. The molecule has 2 aromatic heterocycles. The lowest BCUT2D eigenvalue weighted by molar-refractivity contribution is 0.0695. The molecular weight excluding hydrogens is 504 g/mol. The lowest BCUT2D eigenvalue weighted by atomic mass is 10.1. The van der Waals surface area contributed by atoms with E-state index in [9.17, 15) is 14.7 Å². The number of pyridine rings is 1. The predicted octanol–water partition coefficient (Wildman–Crippen LogP) is 3.89. The molecule has 1 fully saturated rings. The number of anilines is 2. The number of aromatic nitrogens is 3. The highest BCUT2D eigenvalue weighted by Crippen LogP contribution is 2.26. The number of aryl methyl sites for hydroxylation is 3. The maximum absolute atomic E-state index is 12.9. The van der Waals surface area contributed by atoms with E-state index >= 15 is 0 Å². The number of nitrogens with one attached hydrogen (secondary N) is 1. The fraction of sp³-hybridized carbons (Fsp3) is 0.355. The summed E-state index contributed by atoms with van der Waals surface area (Å²) in [4.78, 5) is 38.7. The van der Waals surface area contributed by atoms with Gasteiger partial charge in [-0.2, -0.15) is 4.98 Å². The van der Waals surface area contributed by atoms with Crippen molar-refractivity contribution in [3.05, 3.63) is 87.3 Å². The SMILES string of the molecule is CN1CCN(CCCc2ccc(Nc3ncc4c(=O)c(C(=O)O)cn(-c5ccc6c(c5)CCC6)c4n3)cc2)CC1. The van der Waals surface area contributed by atoms with E-state index in [1.165, 1.54) is 29.1 Å². The number of nitrogens with zero attached hydrogens (tertiary/aromatic N) is 5. The average Bonchev–Trinajstić information content (AvgIpc) is 3.43. The van der Waals surface area contributed by atoms with Gasteiger partial charge in [-0.15, -0.1) is 0 Å². The van der Waals surface area contributed by atoms with E-state index in [1.807, 2.05) is 18.2 Å². The van der Waals surface area contributed by atoms with Crippen molar-refractivity contribution in [1.82, 2.24) is 24.3 Å². The Bertz CT molecular complexity index is 1610. The number of rotatable bonds is 8. The molecule has 0 amide bonds. The van der Waals surface area contributed by atoms with Crippen molar-refractivity contribution < 1.29 is 9.90 Å². The van der Waals surface area contributed by atoms with Crippen LogP contribution in [0.15, 0.2) is 59.7 Å². The van der Waals surface area contributed by atoms with Gasteiger partial charge in [0.2, 0.25) is 11.4 Å². The maximum Gasteiger partial charge on any atom is 0.341 e. The van der Waals surface area contributed by atoms with E-state index in [4.69, 9.17) is 0 Å². The van der Waals surface area contributed by atoms with E-state index in [0.717, 1.165) is 76.2 Å². The number of piperazine rings is 1. The Labute approximate surface area is 233 Å². The summed E-state index contributed by atoms with van der Waals surface area (Å²) in [7, 11) is 2.18. The molecule has 0 unspecified atom stereocenters. The number of likely N-dealkylation sites (N-methyl/N-ethyl adjacent to an activating group) is 1. The van der Waals surface area contributed by atoms with Crippen LogP contribution in [0.25, 0.3) is 16.7 Å². The van der Waals surface area contributed by atoms with Crippen LogP contribution in [-0.4, -0.2) is 75.2 Å². The number of carboxylic acids is 1. The topological polar surface area (TPSA) is 104 Å². The predicted molar refractivity (Wildman–Crippen MR) is 156 cm³/mol. The van der Waals surface area contributed by atoms with Crippen LogP contribution in [-0.2, 0) is 19.3 Å². The standard InChI is InChI=1S/C31H34N6O3/c1-35-14-16-36(17-15-35)13-3-4-21-7-10-24(11-8-21)33-31-32-19-26-28(38)27(30(39)40)20-37(29(26)34-31)25-12-9-22-5-2-6-23(22)18-25/h7-12,18-20H,2-6,13-17H2,1H3,(H,39,40)(H,32,33,34). The fourth-order valence-corrected chi connectivity index (χ4v) is 5.69. The second-order valence-corrected chi connectivity index (χ2v) is 10.9. The summed E-state index contributed by atoms with van der Waals surface area (Å²) in [6, 6.07) is 14.4. The molecule has 0 atom stereocenters. The van der Waals surface area contributed by atoms with Crippen molar-refractivity contribution in [2.24, 2.45) is 0 Å². The van der Waals surface area contributed by atoms with Crippen LogP contribution >= 0.6 is 0 Å². The van der Waals surface area contributed by atoms with Crippen molar-refractivity contribution in [3.8, 4) is 5.69 Å². The molecule has 9 heteroatoms. The zero-order valence-electron chi connectivity index (χ0n) is 22.8. The Hall–Kier alpha value is -4.08. The molecule has 2 N–H and O–H groups in total. The zero-order valence-corrected chi connectivity index (χ0v) is 22.8. The minimum atomic E-state index is -1.27. The van der Waals surface area contributed by atoms with Crippen molar-refractivity contribution >= 4 is 28.6 Å². The summed E-state index contributed by atoms with van der Waals surface area (Å²) in [5, 5.41) is 13.1. The molecule has 6 rings (SSSR count). The van der Waals surface area contributed by atoms with E-state index in [-0.39, 0.29) is 10.9 Å². The van der Waals surface area contributed by atoms with Gasteiger partial charge in [-0.3, -0.25) is 4.79 Å². The summed E-state index contributed by atoms with van der Waals surface area (Å²) in [5.41, 5.74) is 4.93. The van der Waals surface area contributed by atoms with Crippen LogP contribution in [0.2, 0.25) is 0 Å². The Morgan fingerprint density at radius 2 is 1.80 bits per heavy atom. The van der Waals surface area contributed by atoms with E-state index in [0.29, 0.717) is 11.6 Å². The van der Waals surface area contributed by atoms with Gasteiger partial charge in [0, 0.05) is 49.9 Å². The first kappa shape index (κ1) is 26.2. The molecule has 0 saturated carbocycles. The van der Waals surface area contributed by atoms with Crippen molar-refractivity contribution in [2.45, 2.75) is 32.1 Å². The van der Waals surface area contributed by atoms with E-state index in [2.05, 4.69) is 56.4 Å². The number of fused-ring (bicyclic) bond motifs is 2. The highest BCUT2D eigenvalue weighted by Gasteiger charge is 2.19. The normalized spacial score (nSPS) is 15.8. The van der Waals surface area contributed by atoms with Gasteiger partial charge < -0.3 is 24.8 Å². The molecule has 2 aromatic carbocycles. The molecule has 1 aliphatic heterocycles. The highest BCUT2D eigenvalue weighted by molar-refractivity contribution is 5.92. The lowest BCUT2D eigenvalue weighted by Crippen LogP contribution is -2.44. The minimum Gasteiger partial charge on any atom is -0.477 e. The van der Waals surface area contributed by atoms with Gasteiger partial charge >= 0.3 is 5.97 Å². The van der Waals surface area contributed by atoms with Crippen molar-refractivity contribution in [1.29, 1.82) is 0 Å². The van der Waals surface area contributed by atoms with Gasteiger partial charge in [0.05, 0.1) is 5.39 Å². The number of aromatic carboxylic acids is 1. The summed E-state index contributed by atoms with van der Waals surface area (Å²) >= 11 is 0. The molecule has 1 aliphatic carbocycles. The quantitative estimate of drug-likeness (QED) is 0.348. The molecular formula is C31H34N6O3. The third kappa shape index (κ3) is 5.48. The van der Waals surface area contributed by atoms with Gasteiger partial charge in [-0.25, -0.2) is 9.78 Å². The molecule has 3 heterocycles. The second kappa shape index (κ2) is 11.2. The van der Waals surface area contributed by atoms with E-state index < -0.39 is 11.4 Å². The van der Waals surface area contributed by atoms with Crippen molar-refractivity contribution in [2.75, 3.05) is 45.1 Å². The molecule has 9 nitrogen and oxygen atoms in total. The third-order valence-electron chi connectivity index (χ3n) is 8.08. The Kier molecular flexibility index (Phi) is 7.32. The monoisotopic (exact) mass is 538 g/mol. The van der Waals surface area contributed by atoms with Crippen LogP contribution in [0.1, 0.15) is 39.9 Å². The molecule has 0 spiro atoms. The number of carboxylic acid groups (broad SMARTS) is 1. The smallest absolute Gasteiger partial charge is 0.341 e. The summed E-state index contributed by atoms with van der Waals surface area (Å²) in [5.74, 6) is -0.930. The average molecular weight is 539 g/mol. The largest absolute Gasteiger partial charge is 0.477 e. The Balaban J connectivity index is 1.22. The number of carbonyl (C=O) groups is 1. The Morgan fingerprint density at radius 3 is 2.58 bits per heavy atom. The van der Waals surface area contributed by atoms with Gasteiger partial charge in [-0.05, 0) is 86.7 Å². The van der Waals surface area contributed by atoms with Gasteiger partial charge in [-0.1, -0.05) is 18.2 Å². The summed E-state index contributed by atoms with van der Waals surface area (Å²) in [6.45, 7) is 5.68. The zero-order chi connectivity index (χ0) is 27.6. The van der Waals surface area contributed by atoms with Crippen LogP contribution in [0.3, 0.4) is 0 Å². The van der Waals surface area contributed by atoms with Crippen LogP contribution in [0, 0.1) is 0 Å². The first-order valence-corrected chi connectivity index (χ1v) is 14.0. The maximum atomic E-state index is 12.9. The van der Waals surface area contributed by atoms with Crippen molar-refractivity contribution in [3.63, 3.8) is 0 Å². The lowest BCUT2D eigenvalue weighted by Gasteiger charge is -2.32. The van der Waals surface area contributed by atoms with Gasteiger partial charge in [0.15, 0.2) is 5.65 Å². The molecule has 0 bridgehead atoms. The number of hydrogen-bond acceptors (Lipinski definition) is 7. The number of hydrogen-bond donors (Lipinski definition) is 2. The van der Waals surface area contributed by atoms with Crippen LogP contribution in [0.5, 0.6) is 0 Å². The first-order valence-electron chi connectivity index (χ1n) is 14.0. The highest BCUT2D eigenvalue weighted by atomic mass is 16.4. The van der Waals surface area contributed by atoms with Crippen LogP contribution in [0.4, 0.5) is 11.6 Å². The fourth-order valence-electron chi connectivity index (χ4n) is 5.69. The Morgan fingerprint density at radius 1 is 1.02 bits per heavy atom. The molecule has 1 saturated heterocycles. The molecule has 40 heavy (non-hydrogen) atoms. The van der Waals surface area contributed by atoms with E-state index in [1.54, 1.807) is 4.57 Å². The van der Waals surface area contributed by atoms with Gasteiger partial charge in [0.1, 0.15) is 5.56 Å².